The van der Waals surface area contributed by atoms with Crippen LogP contribution >= 0.6 is 0 Å². The molecule has 2 N–H and O–H groups in total. The standard InChI is InChI=1S/C15H18FN3O/c1-15(2)6-3-7-18-13(15)14(20)19-11-4-5-12(16)10(8-11)9-17/h4-5,8,13,18H,3,6-7H2,1-2H3,(H,19,20). The molecular weight excluding hydrogens is 257 g/mol. The largest absolute Gasteiger partial charge is 0.325 e. The van der Waals surface area contributed by atoms with Crippen molar-refractivity contribution < 1.29 is 9.18 Å². The zero-order chi connectivity index (χ0) is 14.8. The van der Waals surface area contributed by atoms with E-state index in [2.05, 4.69) is 24.5 Å². The van der Waals surface area contributed by atoms with Crippen LogP contribution in [0.2, 0.25) is 0 Å². The van der Waals surface area contributed by atoms with E-state index in [4.69, 9.17) is 5.26 Å². The van der Waals surface area contributed by atoms with Crippen molar-refractivity contribution in [3.05, 3.63) is 29.6 Å². The number of nitriles is 1. The molecule has 1 aromatic rings. The first-order valence-corrected chi connectivity index (χ1v) is 6.68. The third-order valence-corrected chi connectivity index (χ3v) is 3.74. The number of hydrogen-bond donors (Lipinski definition) is 2. The molecule has 1 aromatic carbocycles. The highest BCUT2D eigenvalue weighted by atomic mass is 19.1. The number of hydrogen-bond acceptors (Lipinski definition) is 3. The van der Waals surface area contributed by atoms with Gasteiger partial charge in [-0.1, -0.05) is 13.8 Å². The summed E-state index contributed by atoms with van der Waals surface area (Å²) in [6, 6.07) is 5.48. The fourth-order valence-electron chi connectivity index (χ4n) is 2.56. The van der Waals surface area contributed by atoms with E-state index in [0.717, 1.165) is 19.4 Å². The minimum absolute atomic E-state index is 0.0707. The Hall–Kier alpha value is -1.93. The molecule has 1 saturated heterocycles. The maximum absolute atomic E-state index is 13.2. The van der Waals surface area contributed by atoms with Gasteiger partial charge in [-0.3, -0.25) is 4.79 Å². The molecular formula is C15H18FN3O. The zero-order valence-corrected chi connectivity index (χ0v) is 11.7. The lowest BCUT2D eigenvalue weighted by atomic mass is 9.77. The fourth-order valence-corrected chi connectivity index (χ4v) is 2.56. The molecule has 0 radical (unpaired) electrons. The van der Waals surface area contributed by atoms with Crippen LogP contribution < -0.4 is 10.6 Å². The summed E-state index contributed by atoms with van der Waals surface area (Å²) in [6.45, 7) is 4.91. The van der Waals surface area contributed by atoms with Crippen molar-refractivity contribution in [1.82, 2.24) is 5.32 Å². The monoisotopic (exact) mass is 275 g/mol. The normalized spacial score (nSPS) is 21.0. The second kappa shape index (κ2) is 5.59. The van der Waals surface area contributed by atoms with E-state index in [0.29, 0.717) is 5.69 Å². The summed E-state index contributed by atoms with van der Waals surface area (Å²) < 4.78 is 13.2. The van der Waals surface area contributed by atoms with Crippen LogP contribution in [0.3, 0.4) is 0 Å². The van der Waals surface area contributed by atoms with Gasteiger partial charge in [-0.05, 0) is 43.0 Å². The van der Waals surface area contributed by atoms with Crippen molar-refractivity contribution in [3.8, 4) is 6.07 Å². The van der Waals surface area contributed by atoms with Crippen LogP contribution in [-0.4, -0.2) is 18.5 Å². The SMILES string of the molecule is CC1(C)CCCNC1C(=O)Nc1ccc(F)c(C#N)c1. The van der Waals surface area contributed by atoms with Gasteiger partial charge >= 0.3 is 0 Å². The highest BCUT2D eigenvalue weighted by Crippen LogP contribution is 2.30. The molecule has 4 nitrogen and oxygen atoms in total. The summed E-state index contributed by atoms with van der Waals surface area (Å²) in [5, 5.41) is 14.8. The van der Waals surface area contributed by atoms with Crippen molar-refractivity contribution in [1.29, 1.82) is 5.26 Å². The lowest BCUT2D eigenvalue weighted by molar-refractivity contribution is -0.121. The van der Waals surface area contributed by atoms with Gasteiger partial charge in [0.1, 0.15) is 11.9 Å². The van der Waals surface area contributed by atoms with E-state index in [1.807, 2.05) is 0 Å². The van der Waals surface area contributed by atoms with Gasteiger partial charge in [0, 0.05) is 5.69 Å². The summed E-state index contributed by atoms with van der Waals surface area (Å²) in [4.78, 5) is 12.3. The van der Waals surface area contributed by atoms with Crippen molar-refractivity contribution in [3.63, 3.8) is 0 Å². The minimum Gasteiger partial charge on any atom is -0.325 e. The van der Waals surface area contributed by atoms with E-state index < -0.39 is 5.82 Å². The Kier molecular flexibility index (Phi) is 4.05. The van der Waals surface area contributed by atoms with Gasteiger partial charge in [-0.15, -0.1) is 0 Å². The van der Waals surface area contributed by atoms with Gasteiger partial charge in [0.2, 0.25) is 5.91 Å². The molecule has 2 rings (SSSR count). The Labute approximate surface area is 118 Å². The summed E-state index contributed by atoms with van der Waals surface area (Å²) in [6.07, 6.45) is 2.02. The predicted molar refractivity (Wildman–Crippen MR) is 74.6 cm³/mol. The van der Waals surface area contributed by atoms with Crippen LogP contribution in [0.5, 0.6) is 0 Å². The topological polar surface area (TPSA) is 64.9 Å². The molecule has 1 aliphatic heterocycles. The fraction of sp³-hybridized carbons (Fsp3) is 0.467. The third-order valence-electron chi connectivity index (χ3n) is 3.74. The van der Waals surface area contributed by atoms with Gasteiger partial charge in [-0.2, -0.15) is 5.26 Å². The molecule has 0 saturated carbocycles. The lowest BCUT2D eigenvalue weighted by Crippen LogP contribution is -2.53. The van der Waals surface area contributed by atoms with Crippen LogP contribution in [-0.2, 0) is 4.79 Å². The van der Waals surface area contributed by atoms with E-state index in [1.165, 1.54) is 18.2 Å². The average molecular weight is 275 g/mol. The minimum atomic E-state index is -0.582. The average Bonchev–Trinajstić information content (AvgIpc) is 2.40. The van der Waals surface area contributed by atoms with Gasteiger partial charge in [0.15, 0.2) is 0 Å². The molecule has 0 aromatic heterocycles. The number of carbonyl (C=O) groups excluding carboxylic acids is 1. The highest BCUT2D eigenvalue weighted by molar-refractivity contribution is 5.95. The lowest BCUT2D eigenvalue weighted by Gasteiger charge is -2.38. The van der Waals surface area contributed by atoms with Crippen molar-refractivity contribution in [2.75, 3.05) is 11.9 Å². The molecule has 1 fully saturated rings. The first-order chi connectivity index (χ1) is 9.44. The first-order valence-electron chi connectivity index (χ1n) is 6.68. The molecule has 1 heterocycles. The number of nitrogens with one attached hydrogen (secondary N) is 2. The van der Waals surface area contributed by atoms with Crippen molar-refractivity contribution in [2.45, 2.75) is 32.7 Å². The molecule has 0 aliphatic carbocycles. The van der Waals surface area contributed by atoms with Crippen LogP contribution in [0.4, 0.5) is 10.1 Å². The molecule has 106 valence electrons. The van der Waals surface area contributed by atoms with Crippen molar-refractivity contribution in [2.24, 2.45) is 5.41 Å². The van der Waals surface area contributed by atoms with Crippen LogP contribution in [0.25, 0.3) is 0 Å². The van der Waals surface area contributed by atoms with E-state index >= 15 is 0 Å². The zero-order valence-electron chi connectivity index (χ0n) is 11.7. The quantitative estimate of drug-likeness (QED) is 0.871. The molecule has 1 atom stereocenters. The van der Waals surface area contributed by atoms with E-state index in [9.17, 15) is 9.18 Å². The number of amides is 1. The Morgan fingerprint density at radius 2 is 2.30 bits per heavy atom. The van der Waals surface area contributed by atoms with E-state index in [1.54, 1.807) is 6.07 Å². The molecule has 1 unspecified atom stereocenters. The Morgan fingerprint density at radius 3 is 2.95 bits per heavy atom. The van der Waals surface area contributed by atoms with Crippen LogP contribution in [0.1, 0.15) is 32.3 Å². The van der Waals surface area contributed by atoms with Gasteiger partial charge in [0.25, 0.3) is 0 Å². The number of rotatable bonds is 2. The number of nitrogens with zero attached hydrogens (tertiary/aromatic N) is 1. The van der Waals surface area contributed by atoms with Crippen LogP contribution in [0.15, 0.2) is 18.2 Å². The van der Waals surface area contributed by atoms with Crippen molar-refractivity contribution >= 4 is 11.6 Å². The predicted octanol–water partition coefficient (Wildman–Crippen LogP) is 2.41. The van der Waals surface area contributed by atoms with Crippen LogP contribution in [0, 0.1) is 22.6 Å². The molecule has 1 aliphatic rings. The number of carbonyl (C=O) groups is 1. The molecule has 0 spiro atoms. The second-order valence-corrected chi connectivity index (χ2v) is 5.77. The Balaban J connectivity index is 2.14. The smallest absolute Gasteiger partial charge is 0.242 e. The molecule has 0 bridgehead atoms. The third kappa shape index (κ3) is 2.97. The highest BCUT2D eigenvalue weighted by Gasteiger charge is 2.37. The van der Waals surface area contributed by atoms with E-state index in [-0.39, 0.29) is 22.9 Å². The maximum Gasteiger partial charge on any atom is 0.242 e. The Morgan fingerprint density at radius 1 is 1.55 bits per heavy atom. The number of anilines is 1. The molecule has 5 heteroatoms. The number of piperidine rings is 1. The number of benzene rings is 1. The summed E-state index contributed by atoms with van der Waals surface area (Å²) in [5.74, 6) is -0.730. The molecule has 1 amide bonds. The van der Waals surface area contributed by atoms with Gasteiger partial charge in [-0.25, -0.2) is 4.39 Å². The number of halogens is 1. The summed E-state index contributed by atoms with van der Waals surface area (Å²) in [7, 11) is 0. The summed E-state index contributed by atoms with van der Waals surface area (Å²) >= 11 is 0. The van der Waals surface area contributed by atoms with Gasteiger partial charge < -0.3 is 10.6 Å². The Bertz CT molecular complexity index is 563. The summed E-state index contributed by atoms with van der Waals surface area (Å²) in [5.41, 5.74) is 0.246. The van der Waals surface area contributed by atoms with Gasteiger partial charge in [0.05, 0.1) is 11.6 Å². The molecule has 20 heavy (non-hydrogen) atoms. The first kappa shape index (κ1) is 14.5. The maximum atomic E-state index is 13.2. The second-order valence-electron chi connectivity index (χ2n) is 5.77.